The van der Waals surface area contributed by atoms with Crippen molar-refractivity contribution in [3.05, 3.63) is 35.4 Å². The number of rotatable bonds is 4. The Hall–Kier alpha value is -0.820. The summed E-state index contributed by atoms with van der Waals surface area (Å²) in [6.45, 7) is 4.56. The summed E-state index contributed by atoms with van der Waals surface area (Å²) in [5.41, 5.74) is 9.40. The van der Waals surface area contributed by atoms with Gasteiger partial charge in [0, 0.05) is 6.04 Å². The van der Waals surface area contributed by atoms with Gasteiger partial charge in [-0.25, -0.2) is 0 Å². The second kappa shape index (κ2) is 5.01. The van der Waals surface area contributed by atoms with Gasteiger partial charge in [-0.05, 0) is 42.2 Å². The third-order valence-electron chi connectivity index (χ3n) is 4.07. The molecular weight excluding hydrogens is 194 g/mol. The molecule has 1 nitrogen and oxygen atoms in total. The van der Waals surface area contributed by atoms with Crippen LogP contribution in [0.2, 0.25) is 0 Å². The number of hydrogen-bond acceptors (Lipinski definition) is 1. The Labute approximate surface area is 99.0 Å². The van der Waals surface area contributed by atoms with Crippen LogP contribution in [0, 0.1) is 5.92 Å². The molecule has 2 rings (SSSR count). The Bertz CT molecular complexity index is 345. The summed E-state index contributed by atoms with van der Waals surface area (Å²) in [5, 5.41) is 0. The van der Waals surface area contributed by atoms with Gasteiger partial charge in [-0.15, -0.1) is 0 Å². The van der Waals surface area contributed by atoms with E-state index in [2.05, 4.69) is 38.1 Å². The zero-order valence-electron chi connectivity index (χ0n) is 10.4. The third kappa shape index (κ3) is 2.30. The van der Waals surface area contributed by atoms with Crippen molar-refractivity contribution >= 4 is 0 Å². The van der Waals surface area contributed by atoms with Crippen LogP contribution in [-0.4, -0.2) is 6.04 Å². The molecule has 0 fully saturated rings. The topological polar surface area (TPSA) is 26.0 Å². The molecule has 0 aliphatic heterocycles. The summed E-state index contributed by atoms with van der Waals surface area (Å²) in [6, 6.07) is 9.15. The maximum absolute atomic E-state index is 6.37. The van der Waals surface area contributed by atoms with Crippen molar-refractivity contribution in [3.63, 3.8) is 0 Å². The third-order valence-corrected chi connectivity index (χ3v) is 4.07. The molecule has 1 aliphatic rings. The number of benzene rings is 1. The molecule has 3 atom stereocenters. The second-order valence-corrected chi connectivity index (χ2v) is 5.26. The van der Waals surface area contributed by atoms with E-state index in [4.69, 9.17) is 5.73 Å². The first-order valence-corrected chi connectivity index (χ1v) is 6.55. The van der Waals surface area contributed by atoms with Gasteiger partial charge >= 0.3 is 0 Å². The van der Waals surface area contributed by atoms with Crippen molar-refractivity contribution in [1.29, 1.82) is 0 Å². The maximum atomic E-state index is 6.37. The van der Waals surface area contributed by atoms with Gasteiger partial charge < -0.3 is 5.73 Å². The Balaban J connectivity index is 2.07. The lowest BCUT2D eigenvalue weighted by atomic mass is 9.87. The molecule has 2 N–H and O–H groups in total. The standard InChI is InChI=1S/C15H23N/c1-3-11(2)10-15(16)14-9-8-12-6-4-5-7-13(12)14/h4-7,11,14-15H,3,8-10,16H2,1-2H3. The predicted molar refractivity (Wildman–Crippen MR) is 69.6 cm³/mol. The molecule has 0 amide bonds. The Kier molecular flexibility index (Phi) is 3.65. The van der Waals surface area contributed by atoms with Gasteiger partial charge in [0.25, 0.3) is 0 Å². The second-order valence-electron chi connectivity index (χ2n) is 5.26. The first-order chi connectivity index (χ1) is 7.72. The summed E-state index contributed by atoms with van der Waals surface area (Å²) >= 11 is 0. The molecule has 16 heavy (non-hydrogen) atoms. The first-order valence-electron chi connectivity index (χ1n) is 6.55. The van der Waals surface area contributed by atoms with Gasteiger partial charge in [0.1, 0.15) is 0 Å². The fourth-order valence-electron chi connectivity index (χ4n) is 2.83. The summed E-state index contributed by atoms with van der Waals surface area (Å²) in [6.07, 6.45) is 4.86. The highest BCUT2D eigenvalue weighted by Crippen LogP contribution is 2.36. The number of hydrogen-bond donors (Lipinski definition) is 1. The summed E-state index contributed by atoms with van der Waals surface area (Å²) in [5.74, 6) is 1.35. The molecule has 0 radical (unpaired) electrons. The average Bonchev–Trinajstić information content (AvgIpc) is 2.72. The quantitative estimate of drug-likeness (QED) is 0.821. The Morgan fingerprint density at radius 2 is 2.12 bits per heavy atom. The molecule has 1 aromatic rings. The van der Waals surface area contributed by atoms with Crippen molar-refractivity contribution in [1.82, 2.24) is 0 Å². The largest absolute Gasteiger partial charge is 0.327 e. The van der Waals surface area contributed by atoms with E-state index >= 15 is 0 Å². The monoisotopic (exact) mass is 217 g/mol. The van der Waals surface area contributed by atoms with Crippen LogP contribution in [0.15, 0.2) is 24.3 Å². The smallest absolute Gasteiger partial charge is 0.0111 e. The minimum absolute atomic E-state index is 0.346. The highest BCUT2D eigenvalue weighted by Gasteiger charge is 2.27. The first kappa shape index (κ1) is 11.7. The highest BCUT2D eigenvalue weighted by atomic mass is 14.7. The van der Waals surface area contributed by atoms with E-state index < -0.39 is 0 Å². The zero-order chi connectivity index (χ0) is 11.5. The van der Waals surface area contributed by atoms with Gasteiger partial charge in [-0.2, -0.15) is 0 Å². The van der Waals surface area contributed by atoms with Crippen molar-refractivity contribution in [3.8, 4) is 0 Å². The molecule has 0 bridgehead atoms. The predicted octanol–water partition coefficient (Wildman–Crippen LogP) is 3.48. The number of nitrogens with two attached hydrogens (primary N) is 1. The van der Waals surface area contributed by atoms with Crippen LogP contribution in [-0.2, 0) is 6.42 Å². The molecule has 1 heteroatoms. The van der Waals surface area contributed by atoms with Gasteiger partial charge in [-0.3, -0.25) is 0 Å². The van der Waals surface area contributed by atoms with Crippen molar-refractivity contribution < 1.29 is 0 Å². The zero-order valence-corrected chi connectivity index (χ0v) is 10.4. The lowest BCUT2D eigenvalue weighted by Crippen LogP contribution is -2.29. The summed E-state index contributed by atoms with van der Waals surface area (Å²) in [4.78, 5) is 0. The molecule has 1 aliphatic carbocycles. The molecule has 0 saturated carbocycles. The maximum Gasteiger partial charge on any atom is 0.0111 e. The van der Waals surface area contributed by atoms with Crippen LogP contribution in [0.4, 0.5) is 0 Å². The minimum Gasteiger partial charge on any atom is -0.327 e. The van der Waals surface area contributed by atoms with E-state index in [1.54, 1.807) is 0 Å². The van der Waals surface area contributed by atoms with Gasteiger partial charge in [0.15, 0.2) is 0 Å². The van der Waals surface area contributed by atoms with E-state index in [0.717, 1.165) is 12.3 Å². The fraction of sp³-hybridized carbons (Fsp3) is 0.600. The van der Waals surface area contributed by atoms with Crippen molar-refractivity contribution in [2.24, 2.45) is 11.7 Å². The van der Waals surface area contributed by atoms with Gasteiger partial charge in [0.2, 0.25) is 0 Å². The van der Waals surface area contributed by atoms with E-state index in [1.165, 1.54) is 30.4 Å². The lowest BCUT2D eigenvalue weighted by Gasteiger charge is -2.23. The molecular formula is C15H23N. The molecule has 0 saturated heterocycles. The average molecular weight is 217 g/mol. The number of aryl methyl sites for hydroxylation is 1. The summed E-state index contributed by atoms with van der Waals surface area (Å²) < 4.78 is 0. The van der Waals surface area contributed by atoms with E-state index in [0.29, 0.717) is 12.0 Å². The molecule has 0 aromatic heterocycles. The van der Waals surface area contributed by atoms with E-state index in [9.17, 15) is 0 Å². The van der Waals surface area contributed by atoms with Crippen LogP contribution in [0.5, 0.6) is 0 Å². The molecule has 88 valence electrons. The lowest BCUT2D eigenvalue weighted by molar-refractivity contribution is 0.404. The normalized spacial score (nSPS) is 22.8. The fourth-order valence-corrected chi connectivity index (χ4v) is 2.83. The Morgan fingerprint density at radius 1 is 1.38 bits per heavy atom. The Morgan fingerprint density at radius 3 is 2.88 bits per heavy atom. The van der Waals surface area contributed by atoms with Crippen molar-refractivity contribution in [2.45, 2.75) is 51.5 Å². The van der Waals surface area contributed by atoms with Gasteiger partial charge in [-0.1, -0.05) is 44.5 Å². The highest BCUT2D eigenvalue weighted by molar-refractivity contribution is 5.35. The van der Waals surface area contributed by atoms with Crippen LogP contribution in [0.25, 0.3) is 0 Å². The van der Waals surface area contributed by atoms with Crippen molar-refractivity contribution in [2.75, 3.05) is 0 Å². The summed E-state index contributed by atoms with van der Waals surface area (Å²) in [7, 11) is 0. The van der Waals surface area contributed by atoms with Crippen LogP contribution < -0.4 is 5.73 Å². The SMILES string of the molecule is CCC(C)CC(N)C1CCc2ccccc21. The molecule has 0 heterocycles. The van der Waals surface area contributed by atoms with Gasteiger partial charge in [0.05, 0.1) is 0 Å². The minimum atomic E-state index is 0.346. The van der Waals surface area contributed by atoms with E-state index in [-0.39, 0.29) is 0 Å². The van der Waals surface area contributed by atoms with Crippen LogP contribution in [0.1, 0.15) is 50.2 Å². The van der Waals surface area contributed by atoms with Crippen LogP contribution in [0.3, 0.4) is 0 Å². The van der Waals surface area contributed by atoms with E-state index in [1.807, 2.05) is 0 Å². The number of fused-ring (bicyclic) bond motifs is 1. The molecule has 3 unspecified atom stereocenters. The molecule has 1 aromatic carbocycles. The van der Waals surface area contributed by atoms with Crippen LogP contribution >= 0.6 is 0 Å². The molecule has 0 spiro atoms.